The van der Waals surface area contributed by atoms with Crippen molar-refractivity contribution in [3.63, 3.8) is 0 Å². The molecular formula is C22H28BrNO3S2. The maximum atomic E-state index is 12.7. The second-order valence-corrected chi connectivity index (χ2v) is 7.89. The van der Waals surface area contributed by atoms with Crippen molar-refractivity contribution < 1.29 is 13.9 Å². The number of carbonyl (C=O) groups is 1. The Bertz CT molecular complexity index is 780. The number of rotatable bonds is 9. The molecule has 1 amide bonds. The summed E-state index contributed by atoms with van der Waals surface area (Å²) in [7, 11) is 0. The minimum absolute atomic E-state index is 0.127. The van der Waals surface area contributed by atoms with E-state index in [0.717, 1.165) is 17.3 Å². The van der Waals surface area contributed by atoms with Gasteiger partial charge in [-0.15, -0.1) is 0 Å². The standard InChI is InChI=1S/C20H22BrNO3S2.C2H6/c1-3-7-16(25-14-15(4-2)8-5-10-21)12-18-19(23)22(20(26)27-18)13-17-9-6-11-24-17;1-2/h4-9,11-12H,3,10,13-14H2,1-2H3;1-2H3/b8-5-,15-4+,16-7-,18-12+;. The molecule has 2 rings (SSSR count). The van der Waals surface area contributed by atoms with E-state index >= 15 is 0 Å². The smallest absolute Gasteiger partial charge is 0.266 e. The second-order valence-electron chi connectivity index (χ2n) is 5.57. The number of alkyl halides is 1. The van der Waals surface area contributed by atoms with Crippen LogP contribution >= 0.6 is 39.9 Å². The normalized spacial score (nSPS) is 16.6. The highest BCUT2D eigenvalue weighted by Crippen LogP contribution is 2.33. The molecule has 2 heterocycles. The molecule has 0 aliphatic carbocycles. The fourth-order valence-corrected chi connectivity index (χ4v) is 3.70. The second kappa shape index (κ2) is 14.4. The minimum atomic E-state index is -0.127. The summed E-state index contributed by atoms with van der Waals surface area (Å²) < 4.78 is 11.8. The van der Waals surface area contributed by atoms with E-state index in [1.54, 1.807) is 23.3 Å². The zero-order chi connectivity index (χ0) is 21.6. The van der Waals surface area contributed by atoms with E-state index in [0.29, 0.717) is 33.9 Å². The SMILES string of the molecule is C/C=C(\C=C/CBr)COC(=C\CC)/C=C1/SC(=S)N(Cc2ccco2)C1=O.CC. The predicted octanol–water partition coefficient (Wildman–Crippen LogP) is 6.76. The first-order chi connectivity index (χ1) is 14.1. The molecule has 1 aromatic heterocycles. The average molecular weight is 499 g/mol. The van der Waals surface area contributed by atoms with Crippen LogP contribution in [0, 0.1) is 0 Å². The summed E-state index contributed by atoms with van der Waals surface area (Å²) in [5.74, 6) is 1.24. The summed E-state index contributed by atoms with van der Waals surface area (Å²) in [6.07, 6.45) is 12.2. The monoisotopic (exact) mass is 497 g/mol. The van der Waals surface area contributed by atoms with E-state index < -0.39 is 0 Å². The third-order valence-corrected chi connectivity index (χ3v) is 5.40. The fourth-order valence-electron chi connectivity index (χ4n) is 2.27. The number of thioether (sulfide) groups is 1. The molecule has 0 aromatic carbocycles. The van der Waals surface area contributed by atoms with Crippen molar-refractivity contribution in [2.75, 3.05) is 11.9 Å². The van der Waals surface area contributed by atoms with E-state index in [2.05, 4.69) is 15.9 Å². The van der Waals surface area contributed by atoms with Gasteiger partial charge in [0.1, 0.15) is 22.4 Å². The van der Waals surface area contributed by atoms with Gasteiger partial charge in [-0.3, -0.25) is 9.69 Å². The van der Waals surface area contributed by atoms with Crippen molar-refractivity contribution in [1.29, 1.82) is 0 Å². The Balaban J connectivity index is 0.00000204. The van der Waals surface area contributed by atoms with Gasteiger partial charge >= 0.3 is 0 Å². The van der Waals surface area contributed by atoms with Crippen LogP contribution < -0.4 is 0 Å². The lowest BCUT2D eigenvalue weighted by atomic mass is 10.2. The van der Waals surface area contributed by atoms with Gasteiger partial charge in [-0.2, -0.15) is 0 Å². The van der Waals surface area contributed by atoms with Crippen LogP contribution in [0.15, 0.2) is 69.4 Å². The Hall–Kier alpha value is -1.57. The van der Waals surface area contributed by atoms with E-state index in [-0.39, 0.29) is 5.91 Å². The van der Waals surface area contributed by atoms with Crippen LogP contribution in [-0.4, -0.2) is 27.1 Å². The van der Waals surface area contributed by atoms with Crippen LogP contribution in [0.3, 0.4) is 0 Å². The van der Waals surface area contributed by atoms with Crippen molar-refractivity contribution in [3.05, 3.63) is 70.8 Å². The zero-order valence-corrected chi connectivity index (χ0v) is 20.5. The molecule has 0 unspecified atom stereocenters. The summed E-state index contributed by atoms with van der Waals surface area (Å²) in [6, 6.07) is 3.62. The number of hydrogen-bond acceptors (Lipinski definition) is 5. The lowest BCUT2D eigenvalue weighted by Gasteiger charge is -2.12. The van der Waals surface area contributed by atoms with Crippen LogP contribution in [0.2, 0.25) is 0 Å². The Morgan fingerprint density at radius 2 is 2.17 bits per heavy atom. The van der Waals surface area contributed by atoms with Gasteiger partial charge in [0.05, 0.1) is 17.7 Å². The molecule has 0 radical (unpaired) electrons. The van der Waals surface area contributed by atoms with E-state index in [1.807, 2.05) is 58.1 Å². The van der Waals surface area contributed by atoms with Crippen LogP contribution in [0.1, 0.15) is 39.9 Å². The summed E-state index contributed by atoms with van der Waals surface area (Å²) in [5.41, 5.74) is 1.07. The Morgan fingerprint density at radius 3 is 2.76 bits per heavy atom. The number of nitrogens with zero attached hydrogens (tertiary/aromatic N) is 1. The Labute approximate surface area is 191 Å². The third-order valence-electron chi connectivity index (χ3n) is 3.64. The molecule has 1 fully saturated rings. The molecule has 7 heteroatoms. The van der Waals surface area contributed by atoms with Gasteiger partial charge in [-0.05, 0) is 43.2 Å². The van der Waals surface area contributed by atoms with Crippen molar-refractivity contribution in [3.8, 4) is 0 Å². The number of amides is 1. The van der Waals surface area contributed by atoms with Crippen molar-refractivity contribution in [1.82, 2.24) is 4.90 Å². The van der Waals surface area contributed by atoms with Crippen LogP contribution in [0.25, 0.3) is 0 Å². The number of carbonyl (C=O) groups excluding carboxylic acids is 1. The number of allylic oxidation sites excluding steroid dienone is 4. The minimum Gasteiger partial charge on any atom is -0.489 e. The molecule has 1 saturated heterocycles. The molecular weight excluding hydrogens is 470 g/mol. The average Bonchev–Trinajstić information content (AvgIpc) is 3.34. The highest BCUT2D eigenvalue weighted by atomic mass is 79.9. The van der Waals surface area contributed by atoms with Gasteiger partial charge in [0.15, 0.2) is 0 Å². The van der Waals surface area contributed by atoms with Crippen molar-refractivity contribution in [2.45, 2.75) is 40.7 Å². The molecule has 0 bridgehead atoms. The summed E-state index contributed by atoms with van der Waals surface area (Å²) >= 11 is 10.0. The molecule has 1 aliphatic heterocycles. The van der Waals surface area contributed by atoms with Crippen LogP contribution in [0.4, 0.5) is 0 Å². The van der Waals surface area contributed by atoms with Gasteiger partial charge in [0, 0.05) is 5.33 Å². The summed E-state index contributed by atoms with van der Waals surface area (Å²) in [6.45, 7) is 8.78. The molecule has 0 N–H and O–H groups in total. The number of thiocarbonyl (C=S) groups is 1. The molecule has 29 heavy (non-hydrogen) atoms. The lowest BCUT2D eigenvalue weighted by Crippen LogP contribution is -2.27. The largest absolute Gasteiger partial charge is 0.489 e. The topological polar surface area (TPSA) is 42.7 Å². The van der Waals surface area contributed by atoms with E-state index in [1.165, 1.54) is 11.8 Å². The summed E-state index contributed by atoms with van der Waals surface area (Å²) in [4.78, 5) is 14.8. The first kappa shape index (κ1) is 25.5. The number of furan rings is 1. The number of halogens is 1. The molecule has 158 valence electrons. The Kier molecular flexibility index (Phi) is 12.7. The van der Waals surface area contributed by atoms with E-state index in [9.17, 15) is 4.79 Å². The summed E-state index contributed by atoms with van der Waals surface area (Å²) in [5, 5.41) is 0.792. The predicted molar refractivity (Wildman–Crippen MR) is 130 cm³/mol. The Morgan fingerprint density at radius 1 is 1.41 bits per heavy atom. The lowest BCUT2D eigenvalue weighted by molar-refractivity contribution is -0.122. The molecule has 1 aliphatic rings. The number of ether oxygens (including phenoxy) is 1. The maximum absolute atomic E-state index is 12.7. The van der Waals surface area contributed by atoms with Gasteiger partial charge < -0.3 is 9.15 Å². The van der Waals surface area contributed by atoms with Crippen LogP contribution in [-0.2, 0) is 16.1 Å². The van der Waals surface area contributed by atoms with E-state index in [4.69, 9.17) is 21.4 Å². The fraction of sp³-hybridized carbons (Fsp3) is 0.364. The van der Waals surface area contributed by atoms with Gasteiger partial charge in [-0.1, -0.05) is 78.9 Å². The highest BCUT2D eigenvalue weighted by Gasteiger charge is 2.32. The molecule has 1 aromatic rings. The van der Waals surface area contributed by atoms with Gasteiger partial charge in [0.25, 0.3) is 5.91 Å². The molecule has 0 spiro atoms. The van der Waals surface area contributed by atoms with Gasteiger partial charge in [-0.25, -0.2) is 0 Å². The quantitative estimate of drug-likeness (QED) is 0.124. The molecule has 0 saturated carbocycles. The maximum Gasteiger partial charge on any atom is 0.266 e. The van der Waals surface area contributed by atoms with Crippen molar-refractivity contribution >= 4 is 50.1 Å². The van der Waals surface area contributed by atoms with Gasteiger partial charge in [0.2, 0.25) is 0 Å². The molecule has 0 atom stereocenters. The first-order valence-electron chi connectivity index (χ1n) is 9.57. The van der Waals surface area contributed by atoms with Crippen LogP contribution in [0.5, 0.6) is 0 Å². The first-order valence-corrected chi connectivity index (χ1v) is 11.9. The zero-order valence-electron chi connectivity index (χ0n) is 17.3. The highest BCUT2D eigenvalue weighted by molar-refractivity contribution is 9.09. The third kappa shape index (κ3) is 8.36. The van der Waals surface area contributed by atoms with Crippen molar-refractivity contribution in [2.24, 2.45) is 0 Å². The molecule has 4 nitrogen and oxygen atoms in total. The number of hydrogen-bond donors (Lipinski definition) is 0.